The van der Waals surface area contributed by atoms with Crippen LogP contribution in [0.15, 0.2) is 58.3 Å². The number of carbonyl (C=O) groups excluding carboxylic acids is 1. The van der Waals surface area contributed by atoms with Crippen molar-refractivity contribution in [2.45, 2.75) is 25.5 Å². The van der Waals surface area contributed by atoms with Crippen LogP contribution in [-0.4, -0.2) is 40.4 Å². The molecule has 0 aliphatic carbocycles. The first-order valence-electron chi connectivity index (χ1n) is 9.54. The van der Waals surface area contributed by atoms with Crippen LogP contribution in [-0.2, 0) is 20.9 Å². The number of fused-ring (bicyclic) bond motifs is 3. The van der Waals surface area contributed by atoms with E-state index in [-0.39, 0.29) is 18.4 Å². The van der Waals surface area contributed by atoms with Crippen molar-refractivity contribution in [2.75, 3.05) is 14.2 Å². The van der Waals surface area contributed by atoms with Crippen molar-refractivity contribution in [3.63, 3.8) is 0 Å². The molecule has 0 saturated carbocycles. The van der Waals surface area contributed by atoms with Crippen LogP contribution in [0.3, 0.4) is 0 Å². The molecule has 1 atom stereocenters. The maximum absolute atomic E-state index is 11.8. The molecule has 1 aliphatic rings. The van der Waals surface area contributed by atoms with E-state index in [4.69, 9.17) is 14.5 Å². The molecule has 0 fully saturated rings. The average Bonchev–Trinajstić information content (AvgIpc) is 3.12. The van der Waals surface area contributed by atoms with Crippen molar-refractivity contribution in [1.29, 1.82) is 0 Å². The number of rotatable bonds is 6. The zero-order valence-electron chi connectivity index (χ0n) is 16.7. The van der Waals surface area contributed by atoms with E-state index in [9.17, 15) is 4.79 Å². The molecule has 0 saturated heterocycles. The maximum Gasteiger partial charge on any atom is 0.305 e. The Balaban J connectivity index is 1.93. The maximum atomic E-state index is 11.8. The molecule has 4 rings (SSSR count). The molecule has 0 unspecified atom stereocenters. The summed E-state index contributed by atoms with van der Waals surface area (Å²) in [5.41, 5.74) is 4.31. The fraction of sp³-hybridized carbons (Fsp3) is 0.273. The van der Waals surface area contributed by atoms with Crippen molar-refractivity contribution >= 4 is 27.6 Å². The predicted molar refractivity (Wildman–Crippen MR) is 116 cm³/mol. The molecule has 1 aliphatic heterocycles. The Labute approximate surface area is 182 Å². The SMILES string of the molecule is COCc1cnc2n1-c1ccc(Br)cc1C(c1ccccn1)=N[C@H]2CCC(=O)OC. The third kappa shape index (κ3) is 3.93. The van der Waals surface area contributed by atoms with E-state index >= 15 is 0 Å². The van der Waals surface area contributed by atoms with Crippen LogP contribution in [0, 0.1) is 0 Å². The van der Waals surface area contributed by atoms with Gasteiger partial charge >= 0.3 is 5.97 Å². The summed E-state index contributed by atoms with van der Waals surface area (Å²) in [5.74, 6) is 0.491. The van der Waals surface area contributed by atoms with Gasteiger partial charge in [-0.15, -0.1) is 0 Å². The van der Waals surface area contributed by atoms with Gasteiger partial charge in [0.25, 0.3) is 0 Å². The number of hydrogen-bond acceptors (Lipinski definition) is 6. The van der Waals surface area contributed by atoms with Crippen molar-refractivity contribution < 1.29 is 14.3 Å². The summed E-state index contributed by atoms with van der Waals surface area (Å²) >= 11 is 3.58. The molecule has 3 aromatic rings. The normalized spacial score (nSPS) is 15.0. The highest BCUT2D eigenvalue weighted by Crippen LogP contribution is 2.35. The lowest BCUT2D eigenvalue weighted by Crippen LogP contribution is -2.10. The molecule has 0 bridgehead atoms. The van der Waals surface area contributed by atoms with Gasteiger partial charge in [0, 0.05) is 29.8 Å². The molecule has 30 heavy (non-hydrogen) atoms. The van der Waals surface area contributed by atoms with Gasteiger partial charge in [-0.3, -0.25) is 19.3 Å². The summed E-state index contributed by atoms with van der Waals surface area (Å²) < 4.78 is 13.3. The van der Waals surface area contributed by atoms with Crippen molar-refractivity contribution in [1.82, 2.24) is 14.5 Å². The lowest BCUT2D eigenvalue weighted by Gasteiger charge is -2.15. The highest BCUT2D eigenvalue weighted by Gasteiger charge is 2.29. The summed E-state index contributed by atoms with van der Waals surface area (Å²) in [7, 11) is 3.05. The van der Waals surface area contributed by atoms with E-state index < -0.39 is 0 Å². The van der Waals surface area contributed by atoms with Crippen LogP contribution in [0.25, 0.3) is 5.69 Å². The van der Waals surface area contributed by atoms with E-state index in [1.807, 2.05) is 36.4 Å². The smallest absolute Gasteiger partial charge is 0.305 e. The van der Waals surface area contributed by atoms with Crippen LogP contribution < -0.4 is 0 Å². The topological polar surface area (TPSA) is 78.6 Å². The van der Waals surface area contributed by atoms with Gasteiger partial charge in [-0.05, 0) is 36.8 Å². The Morgan fingerprint density at radius 2 is 2.07 bits per heavy atom. The number of pyridine rings is 1. The summed E-state index contributed by atoms with van der Waals surface area (Å²) in [6, 6.07) is 11.5. The summed E-state index contributed by atoms with van der Waals surface area (Å²) in [4.78, 5) is 26.1. The lowest BCUT2D eigenvalue weighted by molar-refractivity contribution is -0.140. The highest BCUT2D eigenvalue weighted by molar-refractivity contribution is 9.10. The molecular formula is C22H21BrN4O3. The Morgan fingerprint density at radius 1 is 1.20 bits per heavy atom. The Kier molecular flexibility index (Phi) is 6.06. The Bertz CT molecular complexity index is 1100. The number of esters is 1. The number of aliphatic imine (C=N–C) groups is 1. The fourth-order valence-corrected chi connectivity index (χ4v) is 3.96. The van der Waals surface area contributed by atoms with Crippen LogP contribution >= 0.6 is 15.9 Å². The number of halogens is 1. The number of ether oxygens (including phenoxy) is 2. The largest absolute Gasteiger partial charge is 0.469 e. The number of nitrogens with zero attached hydrogens (tertiary/aromatic N) is 4. The minimum absolute atomic E-state index is 0.243. The predicted octanol–water partition coefficient (Wildman–Crippen LogP) is 4.02. The second-order valence-corrected chi connectivity index (χ2v) is 7.78. The zero-order chi connectivity index (χ0) is 21.1. The Morgan fingerprint density at radius 3 is 2.80 bits per heavy atom. The van der Waals surface area contributed by atoms with Gasteiger partial charge in [0.15, 0.2) is 0 Å². The highest BCUT2D eigenvalue weighted by atomic mass is 79.9. The van der Waals surface area contributed by atoms with E-state index in [0.717, 1.165) is 38.6 Å². The summed E-state index contributed by atoms with van der Waals surface area (Å²) in [6.45, 7) is 0.408. The molecule has 0 N–H and O–H groups in total. The third-order valence-corrected chi connectivity index (χ3v) is 5.44. The number of methoxy groups -OCH3 is 2. The Hall–Kier alpha value is -2.84. The number of benzene rings is 1. The third-order valence-electron chi connectivity index (χ3n) is 4.95. The standard InChI is InChI=1S/C22H21BrN4O3/c1-29-13-15-12-25-22-18(7-9-20(28)30-2)26-21(17-5-3-4-10-24-17)16-11-14(23)6-8-19(16)27(15)22/h3-6,8,10-12,18H,7,9,13H2,1-2H3/t18-/m0/s1. The number of hydrogen-bond donors (Lipinski definition) is 0. The first-order chi connectivity index (χ1) is 14.6. The quantitative estimate of drug-likeness (QED) is 0.510. The first-order valence-corrected chi connectivity index (χ1v) is 10.3. The second-order valence-electron chi connectivity index (χ2n) is 6.86. The van der Waals surface area contributed by atoms with Crippen molar-refractivity contribution in [3.05, 3.63) is 76.0 Å². The fourth-order valence-electron chi connectivity index (χ4n) is 3.60. The molecular weight excluding hydrogens is 448 g/mol. The van der Waals surface area contributed by atoms with Crippen LogP contribution in [0.4, 0.5) is 0 Å². The van der Waals surface area contributed by atoms with Crippen LogP contribution in [0.1, 0.15) is 41.7 Å². The minimum atomic E-state index is -0.335. The molecule has 3 heterocycles. The zero-order valence-corrected chi connectivity index (χ0v) is 18.3. The average molecular weight is 469 g/mol. The lowest BCUT2D eigenvalue weighted by atomic mass is 10.0. The number of aromatic nitrogens is 3. The molecule has 8 heteroatoms. The van der Waals surface area contributed by atoms with Crippen molar-refractivity contribution in [2.24, 2.45) is 4.99 Å². The van der Waals surface area contributed by atoms with Gasteiger partial charge in [0.05, 0.1) is 42.7 Å². The summed E-state index contributed by atoms with van der Waals surface area (Å²) in [5, 5.41) is 0. The number of imidazole rings is 1. The molecule has 154 valence electrons. The van der Waals surface area contributed by atoms with Crippen LogP contribution in [0.5, 0.6) is 0 Å². The van der Waals surface area contributed by atoms with E-state index in [1.165, 1.54) is 7.11 Å². The minimum Gasteiger partial charge on any atom is -0.469 e. The molecule has 0 radical (unpaired) electrons. The monoisotopic (exact) mass is 468 g/mol. The molecule has 2 aromatic heterocycles. The van der Waals surface area contributed by atoms with Crippen LogP contribution in [0.2, 0.25) is 0 Å². The molecule has 0 spiro atoms. The van der Waals surface area contributed by atoms with Gasteiger partial charge < -0.3 is 9.47 Å². The molecule has 1 aromatic carbocycles. The van der Waals surface area contributed by atoms with Gasteiger partial charge in [-0.1, -0.05) is 22.0 Å². The molecule has 7 nitrogen and oxygen atoms in total. The second kappa shape index (κ2) is 8.89. The first kappa shape index (κ1) is 20.4. The van der Waals surface area contributed by atoms with Gasteiger partial charge in [0.2, 0.25) is 0 Å². The van der Waals surface area contributed by atoms with E-state index in [1.54, 1.807) is 19.5 Å². The number of carbonyl (C=O) groups is 1. The summed E-state index contributed by atoms with van der Waals surface area (Å²) in [6.07, 6.45) is 4.27. The van der Waals surface area contributed by atoms with Gasteiger partial charge in [0.1, 0.15) is 11.9 Å². The molecule has 0 amide bonds. The van der Waals surface area contributed by atoms with Crippen molar-refractivity contribution in [3.8, 4) is 5.69 Å². The van der Waals surface area contributed by atoms with Gasteiger partial charge in [-0.25, -0.2) is 4.98 Å². The van der Waals surface area contributed by atoms with E-state index in [0.29, 0.717) is 13.0 Å². The van der Waals surface area contributed by atoms with Gasteiger partial charge in [-0.2, -0.15) is 0 Å². The van der Waals surface area contributed by atoms with E-state index in [2.05, 4.69) is 30.5 Å².